The molecule has 0 saturated carbocycles. The smallest absolute Gasteiger partial charge is 0.252 e. The third kappa shape index (κ3) is 1.84. The third-order valence-electron chi connectivity index (χ3n) is 2.60. The van der Waals surface area contributed by atoms with Crippen LogP contribution in [0.2, 0.25) is 0 Å². The Hall–Kier alpha value is -2.03. The number of pyridine rings is 1. The predicted molar refractivity (Wildman–Crippen MR) is 66.3 cm³/mol. The average molecular weight is 214 g/mol. The quantitative estimate of drug-likeness (QED) is 0.788. The Labute approximate surface area is 94.1 Å². The fraction of sp³-hybridized carbons (Fsp3) is 0.154. The molecule has 0 aliphatic heterocycles. The Bertz CT molecular complexity index is 585. The van der Waals surface area contributed by atoms with Crippen LogP contribution in [0.1, 0.15) is 5.56 Å². The second kappa shape index (κ2) is 3.85. The van der Waals surface area contributed by atoms with Gasteiger partial charge in [-0.15, -0.1) is 0 Å². The van der Waals surface area contributed by atoms with Crippen molar-refractivity contribution in [2.75, 3.05) is 5.73 Å². The molecule has 2 rings (SSSR count). The van der Waals surface area contributed by atoms with Gasteiger partial charge in [0.2, 0.25) is 0 Å². The molecule has 1 heterocycles. The standard InChI is InChI=1S/C13H14N2O/c1-9-4-3-5-10(6-9)12-7-11(14)8-13(16)15(12)2/h3-8H,14H2,1-2H3. The maximum atomic E-state index is 11.6. The number of benzene rings is 1. The minimum atomic E-state index is -0.0866. The predicted octanol–water partition coefficient (Wildman–Crippen LogP) is 1.94. The van der Waals surface area contributed by atoms with Crippen LogP contribution in [0.25, 0.3) is 11.3 Å². The van der Waals surface area contributed by atoms with Crippen LogP contribution in [0.4, 0.5) is 5.69 Å². The van der Waals surface area contributed by atoms with Gasteiger partial charge in [-0.05, 0) is 24.6 Å². The highest BCUT2D eigenvalue weighted by Gasteiger charge is 2.04. The van der Waals surface area contributed by atoms with Crippen molar-refractivity contribution >= 4 is 5.69 Å². The highest BCUT2D eigenvalue weighted by atomic mass is 16.1. The summed E-state index contributed by atoms with van der Waals surface area (Å²) in [4.78, 5) is 11.6. The summed E-state index contributed by atoms with van der Waals surface area (Å²) in [7, 11) is 1.75. The van der Waals surface area contributed by atoms with E-state index in [1.54, 1.807) is 11.6 Å². The van der Waals surface area contributed by atoms with Crippen LogP contribution in [0.5, 0.6) is 0 Å². The van der Waals surface area contributed by atoms with Crippen LogP contribution < -0.4 is 11.3 Å². The molecule has 2 N–H and O–H groups in total. The summed E-state index contributed by atoms with van der Waals surface area (Å²) in [5.41, 5.74) is 9.11. The molecule has 1 aromatic carbocycles. The molecule has 3 nitrogen and oxygen atoms in total. The summed E-state index contributed by atoms with van der Waals surface area (Å²) < 4.78 is 1.60. The molecule has 0 bridgehead atoms. The lowest BCUT2D eigenvalue weighted by Gasteiger charge is -2.09. The molecule has 0 saturated heterocycles. The molecule has 0 amide bonds. The minimum absolute atomic E-state index is 0.0866. The Kier molecular flexibility index (Phi) is 2.52. The lowest BCUT2D eigenvalue weighted by atomic mass is 10.1. The number of aryl methyl sites for hydroxylation is 1. The van der Waals surface area contributed by atoms with Crippen LogP contribution in [0, 0.1) is 6.92 Å². The van der Waals surface area contributed by atoms with E-state index in [-0.39, 0.29) is 5.56 Å². The molecule has 3 heteroatoms. The van der Waals surface area contributed by atoms with Gasteiger partial charge in [0.1, 0.15) is 0 Å². The van der Waals surface area contributed by atoms with Gasteiger partial charge in [-0.1, -0.05) is 23.8 Å². The van der Waals surface area contributed by atoms with E-state index in [0.717, 1.165) is 16.8 Å². The summed E-state index contributed by atoms with van der Waals surface area (Å²) in [5, 5.41) is 0. The highest BCUT2D eigenvalue weighted by Crippen LogP contribution is 2.20. The molecule has 0 radical (unpaired) electrons. The fourth-order valence-corrected chi connectivity index (χ4v) is 1.74. The monoisotopic (exact) mass is 214 g/mol. The van der Waals surface area contributed by atoms with Crippen molar-refractivity contribution in [3.05, 3.63) is 52.3 Å². The van der Waals surface area contributed by atoms with Crippen molar-refractivity contribution in [2.24, 2.45) is 7.05 Å². The second-order valence-corrected chi connectivity index (χ2v) is 3.94. The minimum Gasteiger partial charge on any atom is -0.399 e. The molecular formula is C13H14N2O. The van der Waals surface area contributed by atoms with Gasteiger partial charge in [0.25, 0.3) is 5.56 Å². The van der Waals surface area contributed by atoms with Crippen LogP contribution in [-0.4, -0.2) is 4.57 Å². The molecule has 2 aromatic rings. The van der Waals surface area contributed by atoms with Crippen molar-refractivity contribution < 1.29 is 0 Å². The van der Waals surface area contributed by atoms with Crippen LogP contribution in [-0.2, 0) is 7.05 Å². The van der Waals surface area contributed by atoms with Crippen molar-refractivity contribution in [1.82, 2.24) is 4.57 Å². The molecule has 1 aromatic heterocycles. The number of nitrogen functional groups attached to an aromatic ring is 1. The largest absolute Gasteiger partial charge is 0.399 e. The fourth-order valence-electron chi connectivity index (χ4n) is 1.74. The van der Waals surface area contributed by atoms with E-state index < -0.39 is 0 Å². The van der Waals surface area contributed by atoms with Crippen molar-refractivity contribution in [2.45, 2.75) is 6.92 Å². The summed E-state index contributed by atoms with van der Waals surface area (Å²) >= 11 is 0. The summed E-state index contributed by atoms with van der Waals surface area (Å²) in [6, 6.07) is 11.2. The summed E-state index contributed by atoms with van der Waals surface area (Å²) in [6.07, 6.45) is 0. The van der Waals surface area contributed by atoms with Gasteiger partial charge in [0, 0.05) is 18.8 Å². The van der Waals surface area contributed by atoms with Crippen LogP contribution in [0.15, 0.2) is 41.2 Å². The molecule has 0 fully saturated rings. The van der Waals surface area contributed by atoms with Gasteiger partial charge in [0.05, 0.1) is 5.69 Å². The number of hydrogen-bond donors (Lipinski definition) is 1. The number of rotatable bonds is 1. The van der Waals surface area contributed by atoms with E-state index >= 15 is 0 Å². The first-order valence-electron chi connectivity index (χ1n) is 5.11. The van der Waals surface area contributed by atoms with Gasteiger partial charge < -0.3 is 10.3 Å². The molecular weight excluding hydrogens is 200 g/mol. The first-order chi connectivity index (χ1) is 7.58. The van der Waals surface area contributed by atoms with E-state index in [0.29, 0.717) is 5.69 Å². The zero-order valence-electron chi connectivity index (χ0n) is 9.40. The van der Waals surface area contributed by atoms with Crippen molar-refractivity contribution in [3.63, 3.8) is 0 Å². The second-order valence-electron chi connectivity index (χ2n) is 3.94. The highest BCUT2D eigenvalue weighted by molar-refractivity contribution is 5.64. The lowest BCUT2D eigenvalue weighted by Crippen LogP contribution is -2.18. The van der Waals surface area contributed by atoms with E-state index in [1.165, 1.54) is 6.07 Å². The Morgan fingerprint density at radius 2 is 1.94 bits per heavy atom. The Morgan fingerprint density at radius 1 is 1.19 bits per heavy atom. The lowest BCUT2D eigenvalue weighted by molar-refractivity contribution is 0.872. The van der Waals surface area contributed by atoms with Crippen LogP contribution in [0.3, 0.4) is 0 Å². The number of nitrogens with zero attached hydrogens (tertiary/aromatic N) is 1. The SMILES string of the molecule is Cc1cccc(-c2cc(N)cc(=O)n2C)c1. The number of anilines is 1. The van der Waals surface area contributed by atoms with Gasteiger partial charge in [-0.2, -0.15) is 0 Å². The van der Waals surface area contributed by atoms with E-state index in [9.17, 15) is 4.79 Å². The van der Waals surface area contributed by atoms with E-state index in [1.807, 2.05) is 37.3 Å². The molecule has 0 aliphatic carbocycles. The first-order valence-corrected chi connectivity index (χ1v) is 5.11. The molecule has 0 spiro atoms. The van der Waals surface area contributed by atoms with Gasteiger partial charge >= 0.3 is 0 Å². The zero-order chi connectivity index (χ0) is 11.7. The number of aromatic nitrogens is 1. The van der Waals surface area contributed by atoms with Crippen molar-refractivity contribution in [1.29, 1.82) is 0 Å². The van der Waals surface area contributed by atoms with Gasteiger partial charge in [-0.3, -0.25) is 4.79 Å². The Balaban J connectivity index is 2.69. The first kappa shape index (κ1) is 10.5. The van der Waals surface area contributed by atoms with Crippen molar-refractivity contribution in [3.8, 4) is 11.3 Å². The van der Waals surface area contributed by atoms with Crippen LogP contribution >= 0.6 is 0 Å². The normalized spacial score (nSPS) is 10.4. The summed E-state index contributed by atoms with van der Waals surface area (Å²) in [5.74, 6) is 0. The molecule has 0 atom stereocenters. The average Bonchev–Trinajstić information content (AvgIpc) is 2.23. The Morgan fingerprint density at radius 3 is 2.62 bits per heavy atom. The topological polar surface area (TPSA) is 48.0 Å². The maximum Gasteiger partial charge on any atom is 0.252 e. The summed E-state index contributed by atoms with van der Waals surface area (Å²) in [6.45, 7) is 2.02. The number of nitrogens with two attached hydrogens (primary N) is 1. The molecule has 82 valence electrons. The van der Waals surface area contributed by atoms with E-state index in [2.05, 4.69) is 0 Å². The molecule has 0 aliphatic rings. The van der Waals surface area contributed by atoms with Gasteiger partial charge in [-0.25, -0.2) is 0 Å². The molecule has 16 heavy (non-hydrogen) atoms. The molecule has 0 unspecified atom stereocenters. The maximum absolute atomic E-state index is 11.6. The number of hydrogen-bond acceptors (Lipinski definition) is 2. The van der Waals surface area contributed by atoms with Gasteiger partial charge in [0.15, 0.2) is 0 Å². The van der Waals surface area contributed by atoms with E-state index in [4.69, 9.17) is 5.73 Å². The zero-order valence-corrected chi connectivity index (χ0v) is 9.40. The third-order valence-corrected chi connectivity index (χ3v) is 2.60.